The molecule has 0 aromatic carbocycles. The lowest BCUT2D eigenvalue weighted by atomic mass is 9.80. The van der Waals surface area contributed by atoms with Crippen LogP contribution < -0.4 is 5.73 Å². The molecule has 4 heterocycles. The third-order valence-electron chi connectivity index (χ3n) is 4.81. The molecule has 26 heavy (non-hydrogen) atoms. The van der Waals surface area contributed by atoms with Crippen LogP contribution in [0.1, 0.15) is 26.0 Å². The maximum atomic E-state index is 14.5. The Bertz CT molecular complexity index is 1060. The lowest BCUT2D eigenvalue weighted by Gasteiger charge is -2.24. The van der Waals surface area contributed by atoms with E-state index in [0.717, 1.165) is 0 Å². The number of nitrogen functional groups attached to an aromatic ring is 1. The van der Waals surface area contributed by atoms with Crippen LogP contribution in [0.15, 0.2) is 29.5 Å². The summed E-state index contributed by atoms with van der Waals surface area (Å²) in [5.74, 6) is -0.543. The van der Waals surface area contributed by atoms with Crippen LogP contribution in [-0.2, 0) is 5.41 Å². The second-order valence-electron chi connectivity index (χ2n) is 6.49. The summed E-state index contributed by atoms with van der Waals surface area (Å²) in [6, 6.07) is 3.28. The summed E-state index contributed by atoms with van der Waals surface area (Å²) < 4.78 is 42.0. The molecule has 0 aliphatic carbocycles. The Balaban J connectivity index is 1.89. The number of halogens is 3. The molecular weight excluding hydrogens is 345 g/mol. The standard InChI is InChI=1S/C17H15F3N6/c1-8-17(2,5-13(19)20)15-11(23-8)4-3-10(24-15)14-9(18)7-26-12(14)6-22-16(21)25-26/h3-4,6-7,13H,5H2,1-2H3,(H2,21,25). The number of nitrogens with zero attached hydrogens (tertiary/aromatic N) is 5. The van der Waals surface area contributed by atoms with E-state index < -0.39 is 24.1 Å². The van der Waals surface area contributed by atoms with E-state index in [2.05, 4.69) is 20.1 Å². The zero-order chi connectivity index (χ0) is 18.6. The number of nitrogens with two attached hydrogens (primary N) is 1. The average Bonchev–Trinajstić information content (AvgIpc) is 3.00. The van der Waals surface area contributed by atoms with Crippen LogP contribution in [0.5, 0.6) is 0 Å². The van der Waals surface area contributed by atoms with Gasteiger partial charge in [0.15, 0.2) is 5.82 Å². The first-order valence-electron chi connectivity index (χ1n) is 7.95. The molecule has 0 bridgehead atoms. The Morgan fingerprint density at radius 3 is 2.81 bits per heavy atom. The topological polar surface area (TPSA) is 81.5 Å². The van der Waals surface area contributed by atoms with Crippen molar-refractivity contribution in [2.45, 2.75) is 32.1 Å². The average molecular weight is 360 g/mol. The highest BCUT2D eigenvalue weighted by Gasteiger charge is 2.41. The van der Waals surface area contributed by atoms with Gasteiger partial charge in [-0.1, -0.05) is 0 Å². The molecule has 0 fully saturated rings. The van der Waals surface area contributed by atoms with Crippen molar-refractivity contribution in [3.8, 4) is 11.3 Å². The zero-order valence-electron chi connectivity index (χ0n) is 14.0. The summed E-state index contributed by atoms with van der Waals surface area (Å²) >= 11 is 0. The van der Waals surface area contributed by atoms with Gasteiger partial charge in [0.05, 0.1) is 46.0 Å². The van der Waals surface area contributed by atoms with Gasteiger partial charge in [0.25, 0.3) is 0 Å². The highest BCUT2D eigenvalue weighted by atomic mass is 19.3. The molecule has 1 atom stereocenters. The third-order valence-corrected chi connectivity index (χ3v) is 4.81. The van der Waals surface area contributed by atoms with Crippen molar-refractivity contribution in [2.24, 2.45) is 4.99 Å². The molecule has 1 unspecified atom stereocenters. The molecule has 0 saturated carbocycles. The number of fused-ring (bicyclic) bond motifs is 2. The molecule has 0 saturated heterocycles. The molecule has 9 heteroatoms. The van der Waals surface area contributed by atoms with E-state index in [0.29, 0.717) is 28.3 Å². The first-order chi connectivity index (χ1) is 12.3. The fourth-order valence-corrected chi connectivity index (χ4v) is 3.32. The first kappa shape index (κ1) is 16.5. The summed E-state index contributed by atoms with van der Waals surface area (Å²) in [6.45, 7) is 3.38. The van der Waals surface area contributed by atoms with Crippen molar-refractivity contribution in [3.63, 3.8) is 0 Å². The molecule has 0 spiro atoms. The van der Waals surface area contributed by atoms with Crippen molar-refractivity contribution in [1.29, 1.82) is 0 Å². The van der Waals surface area contributed by atoms with E-state index in [1.807, 2.05) is 0 Å². The molecule has 134 valence electrons. The van der Waals surface area contributed by atoms with Gasteiger partial charge in [-0.15, -0.1) is 5.10 Å². The molecule has 4 rings (SSSR count). The molecule has 3 aromatic rings. The number of pyridine rings is 1. The monoisotopic (exact) mass is 360 g/mol. The number of hydrogen-bond acceptors (Lipinski definition) is 5. The highest BCUT2D eigenvalue weighted by molar-refractivity contribution is 5.99. The summed E-state index contributed by atoms with van der Waals surface area (Å²) in [4.78, 5) is 12.7. The van der Waals surface area contributed by atoms with E-state index in [1.54, 1.807) is 26.0 Å². The van der Waals surface area contributed by atoms with Crippen LogP contribution in [0, 0.1) is 5.82 Å². The second kappa shape index (κ2) is 5.52. The van der Waals surface area contributed by atoms with Gasteiger partial charge in [0.2, 0.25) is 12.4 Å². The number of hydrogen-bond donors (Lipinski definition) is 1. The van der Waals surface area contributed by atoms with E-state index in [-0.39, 0.29) is 11.5 Å². The van der Waals surface area contributed by atoms with Gasteiger partial charge in [-0.2, -0.15) is 0 Å². The minimum Gasteiger partial charge on any atom is -0.367 e. The number of aromatic nitrogens is 4. The van der Waals surface area contributed by atoms with Crippen LogP contribution in [0.4, 0.5) is 24.8 Å². The maximum Gasteiger partial charge on any atom is 0.239 e. The van der Waals surface area contributed by atoms with Crippen molar-refractivity contribution in [2.75, 3.05) is 5.73 Å². The van der Waals surface area contributed by atoms with Crippen molar-refractivity contribution in [3.05, 3.63) is 36.0 Å². The maximum absolute atomic E-state index is 14.5. The molecule has 1 aliphatic heterocycles. The van der Waals surface area contributed by atoms with E-state index >= 15 is 0 Å². The van der Waals surface area contributed by atoms with Crippen LogP contribution in [-0.4, -0.2) is 31.7 Å². The molecule has 2 N–H and O–H groups in total. The molecule has 1 aliphatic rings. The Hall–Kier alpha value is -2.97. The number of aliphatic imine (C=N–C) groups is 1. The van der Waals surface area contributed by atoms with E-state index in [4.69, 9.17) is 5.73 Å². The van der Waals surface area contributed by atoms with Gasteiger partial charge >= 0.3 is 0 Å². The van der Waals surface area contributed by atoms with Crippen LogP contribution in [0.25, 0.3) is 16.8 Å². The summed E-state index contributed by atoms with van der Waals surface area (Å²) in [6.07, 6.45) is -0.331. The smallest absolute Gasteiger partial charge is 0.239 e. The highest BCUT2D eigenvalue weighted by Crippen LogP contribution is 2.43. The van der Waals surface area contributed by atoms with Gasteiger partial charge in [-0.05, 0) is 26.0 Å². The molecular formula is C17H15F3N6. The molecule has 0 amide bonds. The largest absolute Gasteiger partial charge is 0.367 e. The molecule has 0 radical (unpaired) electrons. The predicted molar refractivity (Wildman–Crippen MR) is 91.3 cm³/mol. The quantitative estimate of drug-likeness (QED) is 0.775. The van der Waals surface area contributed by atoms with Crippen molar-refractivity contribution < 1.29 is 13.2 Å². The lowest BCUT2D eigenvalue weighted by Crippen LogP contribution is -2.31. The summed E-state index contributed by atoms with van der Waals surface area (Å²) in [7, 11) is 0. The third kappa shape index (κ3) is 2.34. The Morgan fingerprint density at radius 1 is 1.31 bits per heavy atom. The van der Waals surface area contributed by atoms with E-state index in [1.165, 1.54) is 16.9 Å². The Labute approximate surface area is 146 Å². The minimum absolute atomic E-state index is 0.00879. The Kier molecular flexibility index (Phi) is 3.50. The summed E-state index contributed by atoms with van der Waals surface area (Å²) in [5.41, 5.74) is 6.93. The van der Waals surface area contributed by atoms with Crippen LogP contribution in [0.3, 0.4) is 0 Å². The zero-order valence-corrected chi connectivity index (χ0v) is 14.0. The predicted octanol–water partition coefficient (Wildman–Crippen LogP) is 3.53. The number of anilines is 1. The van der Waals surface area contributed by atoms with Gasteiger partial charge in [-0.25, -0.2) is 27.7 Å². The summed E-state index contributed by atoms with van der Waals surface area (Å²) in [5, 5.41) is 3.93. The van der Waals surface area contributed by atoms with Gasteiger partial charge in [-0.3, -0.25) is 4.99 Å². The normalized spacial score (nSPS) is 19.2. The minimum atomic E-state index is -2.51. The van der Waals surface area contributed by atoms with Crippen LogP contribution in [0.2, 0.25) is 0 Å². The van der Waals surface area contributed by atoms with Crippen molar-refractivity contribution in [1.82, 2.24) is 19.6 Å². The van der Waals surface area contributed by atoms with Gasteiger partial charge < -0.3 is 5.73 Å². The van der Waals surface area contributed by atoms with Crippen molar-refractivity contribution >= 4 is 22.9 Å². The molecule has 6 nitrogen and oxygen atoms in total. The van der Waals surface area contributed by atoms with Crippen LogP contribution >= 0.6 is 0 Å². The van der Waals surface area contributed by atoms with E-state index in [9.17, 15) is 13.2 Å². The van der Waals surface area contributed by atoms with Gasteiger partial charge in [0, 0.05) is 12.1 Å². The first-order valence-corrected chi connectivity index (χ1v) is 7.95. The number of rotatable bonds is 3. The number of alkyl halides is 2. The lowest BCUT2D eigenvalue weighted by molar-refractivity contribution is 0.121. The molecule has 3 aromatic heterocycles. The van der Waals surface area contributed by atoms with Gasteiger partial charge in [0.1, 0.15) is 0 Å². The Morgan fingerprint density at radius 2 is 2.08 bits per heavy atom. The fourth-order valence-electron chi connectivity index (χ4n) is 3.32. The fraction of sp³-hybridized carbons (Fsp3) is 0.294. The second-order valence-corrected chi connectivity index (χ2v) is 6.49. The SMILES string of the molecule is CC1=Nc2ccc(-c3c(F)cn4nc(N)ncc34)nc2C1(C)CC(F)F.